The van der Waals surface area contributed by atoms with E-state index in [4.69, 9.17) is 16.6 Å². The van der Waals surface area contributed by atoms with Gasteiger partial charge in [-0.1, -0.05) is 42.9 Å². The lowest BCUT2D eigenvalue weighted by Crippen LogP contribution is -2.38. The van der Waals surface area contributed by atoms with E-state index in [0.717, 1.165) is 45.4 Å². The molecule has 0 spiro atoms. The summed E-state index contributed by atoms with van der Waals surface area (Å²) in [5.41, 5.74) is 2.62. The molecule has 3 aromatic rings. The zero-order valence-electron chi connectivity index (χ0n) is 17.2. The lowest BCUT2D eigenvalue weighted by Gasteiger charge is -2.25. The van der Waals surface area contributed by atoms with E-state index in [2.05, 4.69) is 18.7 Å². The van der Waals surface area contributed by atoms with Crippen molar-refractivity contribution >= 4 is 56.0 Å². The third-order valence-corrected chi connectivity index (χ3v) is 6.93. The number of hydrogen-bond acceptors (Lipinski definition) is 5. The van der Waals surface area contributed by atoms with Crippen LogP contribution in [0.3, 0.4) is 0 Å². The highest BCUT2D eigenvalue weighted by atomic mass is 35.5. The predicted octanol–water partition coefficient (Wildman–Crippen LogP) is 5.97. The normalized spacial score (nSPS) is 11.4. The second-order valence-corrected chi connectivity index (χ2v) is 9.11. The molecule has 4 nitrogen and oxygen atoms in total. The maximum atomic E-state index is 13.5. The van der Waals surface area contributed by atoms with Crippen molar-refractivity contribution in [3.63, 3.8) is 0 Å². The van der Waals surface area contributed by atoms with Gasteiger partial charge in [-0.2, -0.15) is 0 Å². The Balaban J connectivity index is 2.00. The lowest BCUT2D eigenvalue weighted by atomic mass is 10.2. The molecule has 1 aromatic heterocycles. The first kappa shape index (κ1) is 22.1. The molecule has 154 valence electrons. The van der Waals surface area contributed by atoms with Crippen LogP contribution in [-0.2, 0) is 0 Å². The molecule has 0 bridgehead atoms. The highest BCUT2D eigenvalue weighted by Gasteiger charge is 2.22. The van der Waals surface area contributed by atoms with Crippen molar-refractivity contribution < 1.29 is 4.79 Å². The van der Waals surface area contributed by atoms with Crippen LogP contribution in [0.4, 0.5) is 5.13 Å². The first-order valence-electron chi connectivity index (χ1n) is 9.71. The van der Waals surface area contributed by atoms with E-state index >= 15 is 0 Å². The third kappa shape index (κ3) is 5.12. The molecular weight excluding hydrogens is 422 g/mol. The summed E-state index contributed by atoms with van der Waals surface area (Å²) >= 11 is 9.39. The smallest absolute Gasteiger partial charge is 0.260 e. The van der Waals surface area contributed by atoms with Crippen LogP contribution in [0.25, 0.3) is 10.2 Å². The van der Waals surface area contributed by atoms with E-state index < -0.39 is 0 Å². The Morgan fingerprint density at radius 1 is 1.17 bits per heavy atom. The Morgan fingerprint density at radius 3 is 2.62 bits per heavy atom. The van der Waals surface area contributed by atoms with Crippen LogP contribution in [0.1, 0.15) is 29.8 Å². The number of rotatable bonds is 8. The minimum Gasteiger partial charge on any atom is -0.302 e. The fourth-order valence-corrected chi connectivity index (χ4v) is 5.14. The average Bonchev–Trinajstić information content (AvgIpc) is 3.15. The number of amides is 1. The average molecular weight is 448 g/mol. The molecule has 0 aliphatic rings. The second-order valence-electron chi connectivity index (χ2n) is 6.78. The number of carbonyl (C=O) groups is 1. The summed E-state index contributed by atoms with van der Waals surface area (Å²) in [6.45, 7) is 9.58. The third-order valence-electron chi connectivity index (χ3n) is 4.97. The number of halogens is 1. The van der Waals surface area contributed by atoms with Gasteiger partial charge in [0.1, 0.15) is 0 Å². The molecule has 0 aliphatic heterocycles. The van der Waals surface area contributed by atoms with Gasteiger partial charge in [-0.25, -0.2) is 4.98 Å². The quantitative estimate of drug-likeness (QED) is 0.398. The molecule has 0 saturated heterocycles. The fourth-order valence-electron chi connectivity index (χ4n) is 3.24. The molecule has 0 radical (unpaired) electrons. The summed E-state index contributed by atoms with van der Waals surface area (Å²) in [4.78, 5) is 23.5. The van der Waals surface area contributed by atoms with Crippen LogP contribution in [0.2, 0.25) is 5.02 Å². The van der Waals surface area contributed by atoms with Gasteiger partial charge < -0.3 is 4.90 Å². The highest BCUT2D eigenvalue weighted by Crippen LogP contribution is 2.33. The van der Waals surface area contributed by atoms with Gasteiger partial charge in [0.05, 0.1) is 10.2 Å². The first-order chi connectivity index (χ1) is 14.0. The zero-order chi connectivity index (χ0) is 21.0. The van der Waals surface area contributed by atoms with Crippen molar-refractivity contribution in [2.45, 2.75) is 25.7 Å². The molecule has 1 heterocycles. The number of nitrogens with zero attached hydrogens (tertiary/aromatic N) is 3. The van der Waals surface area contributed by atoms with Crippen LogP contribution >= 0.6 is 34.7 Å². The van der Waals surface area contributed by atoms with Crippen LogP contribution in [0.15, 0.2) is 41.3 Å². The van der Waals surface area contributed by atoms with E-state index in [1.165, 1.54) is 11.3 Å². The molecule has 3 rings (SSSR count). The van der Waals surface area contributed by atoms with Crippen LogP contribution in [-0.4, -0.2) is 48.2 Å². The molecule has 0 N–H and O–H groups in total. The Bertz CT molecular complexity index is 1000. The molecule has 1 amide bonds. The Hall–Kier alpha value is -1.60. The van der Waals surface area contributed by atoms with Gasteiger partial charge in [-0.15, -0.1) is 11.8 Å². The number of aromatic nitrogens is 1. The maximum Gasteiger partial charge on any atom is 0.260 e. The van der Waals surface area contributed by atoms with Gasteiger partial charge in [-0.05, 0) is 62.2 Å². The highest BCUT2D eigenvalue weighted by molar-refractivity contribution is 7.98. The van der Waals surface area contributed by atoms with Gasteiger partial charge in [0.15, 0.2) is 5.13 Å². The van der Waals surface area contributed by atoms with Gasteiger partial charge in [0.25, 0.3) is 5.91 Å². The van der Waals surface area contributed by atoms with Gasteiger partial charge in [0, 0.05) is 28.6 Å². The van der Waals surface area contributed by atoms with Crippen LogP contribution in [0.5, 0.6) is 0 Å². The van der Waals surface area contributed by atoms with Crippen molar-refractivity contribution in [1.29, 1.82) is 0 Å². The van der Waals surface area contributed by atoms with Crippen molar-refractivity contribution in [2.75, 3.05) is 37.3 Å². The monoisotopic (exact) mass is 447 g/mol. The minimum atomic E-state index is -0.0177. The molecule has 7 heteroatoms. The van der Waals surface area contributed by atoms with Crippen LogP contribution in [0, 0.1) is 6.92 Å². The fraction of sp³-hybridized carbons (Fsp3) is 0.364. The number of thioether (sulfide) groups is 1. The largest absolute Gasteiger partial charge is 0.302 e. The van der Waals surface area contributed by atoms with Gasteiger partial charge >= 0.3 is 0 Å². The molecule has 0 saturated carbocycles. The van der Waals surface area contributed by atoms with Crippen molar-refractivity contribution in [1.82, 2.24) is 9.88 Å². The zero-order valence-corrected chi connectivity index (χ0v) is 19.6. The lowest BCUT2D eigenvalue weighted by molar-refractivity contribution is 0.0983. The topological polar surface area (TPSA) is 36.4 Å². The number of anilines is 1. The van der Waals surface area contributed by atoms with E-state index in [9.17, 15) is 4.79 Å². The van der Waals surface area contributed by atoms with Crippen molar-refractivity contribution in [3.05, 3.63) is 52.5 Å². The summed E-state index contributed by atoms with van der Waals surface area (Å²) in [5.74, 6) is -0.0177. The predicted molar refractivity (Wildman–Crippen MR) is 127 cm³/mol. The molecule has 2 aromatic carbocycles. The SMILES string of the molecule is CCN(CC)CCN(C(=O)c1cccc(SC)c1)c1nc2c(C)cc(Cl)cc2s1. The number of hydrogen-bond donors (Lipinski definition) is 0. The Morgan fingerprint density at radius 2 is 1.93 bits per heavy atom. The van der Waals surface area contributed by atoms with Crippen molar-refractivity contribution in [3.8, 4) is 0 Å². The Kier molecular flexibility index (Phi) is 7.57. The second kappa shape index (κ2) is 9.94. The summed E-state index contributed by atoms with van der Waals surface area (Å²) in [7, 11) is 0. The summed E-state index contributed by atoms with van der Waals surface area (Å²) in [6.07, 6.45) is 2.02. The van der Waals surface area contributed by atoms with Gasteiger partial charge in [0.2, 0.25) is 0 Å². The number of fused-ring (bicyclic) bond motifs is 1. The molecular formula is C22H26ClN3OS2. The number of benzene rings is 2. The first-order valence-corrected chi connectivity index (χ1v) is 12.1. The van der Waals surface area contributed by atoms with Crippen molar-refractivity contribution in [2.24, 2.45) is 0 Å². The van der Waals surface area contributed by atoms with E-state index in [1.54, 1.807) is 11.8 Å². The number of carbonyl (C=O) groups excluding carboxylic acids is 1. The number of likely N-dealkylation sites (N-methyl/N-ethyl adjacent to an activating group) is 1. The minimum absolute atomic E-state index is 0.0177. The molecule has 0 aliphatic carbocycles. The van der Waals surface area contributed by atoms with E-state index in [1.807, 2.05) is 54.5 Å². The maximum absolute atomic E-state index is 13.5. The van der Waals surface area contributed by atoms with E-state index in [-0.39, 0.29) is 5.91 Å². The van der Waals surface area contributed by atoms with Crippen LogP contribution < -0.4 is 4.90 Å². The summed E-state index contributed by atoms with van der Waals surface area (Å²) < 4.78 is 1.00. The molecule has 0 fully saturated rings. The van der Waals surface area contributed by atoms with E-state index in [0.29, 0.717) is 17.1 Å². The standard InChI is InChI=1S/C22H26ClN3OS2/c1-5-25(6-2)10-11-26(21(27)16-8-7-9-18(13-16)28-4)22-24-20-15(3)12-17(23)14-19(20)29-22/h7-9,12-14H,5-6,10-11H2,1-4H3. The number of aryl methyl sites for hydroxylation is 1. The summed E-state index contributed by atoms with van der Waals surface area (Å²) in [6, 6.07) is 11.6. The molecule has 0 atom stereocenters. The van der Waals surface area contributed by atoms with Gasteiger partial charge in [-0.3, -0.25) is 9.69 Å². The molecule has 0 unspecified atom stereocenters. The number of thiazole rings is 1. The molecule has 29 heavy (non-hydrogen) atoms. The summed E-state index contributed by atoms with van der Waals surface area (Å²) in [5, 5.41) is 1.41. The Labute approximate surface area is 185 Å².